The lowest BCUT2D eigenvalue weighted by Crippen LogP contribution is -3.66. The van der Waals surface area contributed by atoms with Crippen LogP contribution in [0.5, 0.6) is 5.75 Å². The summed E-state index contributed by atoms with van der Waals surface area (Å²) in [6, 6.07) is 19.8. The number of ether oxygens (including phenoxy) is 1. The molecule has 2 bridgehead atoms. The van der Waals surface area contributed by atoms with Gasteiger partial charge in [0.15, 0.2) is 7.14 Å². The lowest BCUT2D eigenvalue weighted by atomic mass is 10.2. The highest BCUT2D eigenvalue weighted by molar-refractivity contribution is 5.30. The molecule has 9 nitrogen and oxygen atoms in total. The number of hydrogen-bond acceptors (Lipinski definition) is 7. The van der Waals surface area contributed by atoms with Crippen molar-refractivity contribution in [1.29, 1.82) is 0 Å². The zero-order valence-electron chi connectivity index (χ0n) is 16.2. The summed E-state index contributed by atoms with van der Waals surface area (Å²) < 4.78 is 12.0. The Morgan fingerprint density at radius 1 is 0.774 bits per heavy atom. The molecular weight excluding hydrogens is 634 g/mol. The molecule has 164 valence electrons. The molecule has 31 heavy (non-hydrogen) atoms. The predicted molar refractivity (Wildman–Crippen MR) is 105 cm³/mol. The van der Waals surface area contributed by atoms with E-state index < -0.39 is 10.2 Å². The fraction of sp³-hybridized carbons (Fsp3) is 0.200. The Bertz CT molecular complexity index is 930. The zero-order valence-corrected chi connectivity index (χ0v) is 20.5. The van der Waals surface area contributed by atoms with E-state index >= 15 is 0 Å². The summed E-state index contributed by atoms with van der Waals surface area (Å²) in [4.78, 5) is 16.5. The molecule has 0 radical (unpaired) electrons. The van der Waals surface area contributed by atoms with Gasteiger partial charge in [-0.25, -0.2) is 0 Å². The Morgan fingerprint density at radius 3 is 1.61 bits per heavy atom. The van der Waals surface area contributed by atoms with Crippen LogP contribution in [0.4, 0.5) is 0 Å². The molecular formula is C20H18I2N2O7. The summed E-state index contributed by atoms with van der Waals surface area (Å²) >= 11 is -0.0591. The Hall–Kier alpha value is -2.42. The van der Waals surface area contributed by atoms with Crippen molar-refractivity contribution < 1.29 is 57.3 Å². The Kier molecular flexibility index (Phi) is 9.97. The van der Waals surface area contributed by atoms with Gasteiger partial charge >= 0.3 is 42.4 Å². The van der Waals surface area contributed by atoms with Gasteiger partial charge in [0.2, 0.25) is 7.16 Å². The van der Waals surface area contributed by atoms with Crippen molar-refractivity contribution in [1.82, 2.24) is 0 Å². The van der Waals surface area contributed by atoms with Crippen molar-refractivity contribution in [3.05, 3.63) is 112 Å². The molecule has 0 N–H and O–H groups in total. The molecule has 0 aliphatic heterocycles. The SMILES string of the molecule is COc1ccc([I+]C2=C([I+]c3ccccc3)C3C=CC2C3)cc1.O=[N+]([O-])[O-].O=[N+]([O-])[O-]. The molecule has 0 amide bonds. The second-order valence-electron chi connectivity index (χ2n) is 6.12. The van der Waals surface area contributed by atoms with Gasteiger partial charge in [0.05, 0.1) is 29.1 Å². The standard InChI is InChI=1S/C20H18I2O.2NO3/c1-23-18-11-9-17(10-12-18)22-20-15-8-7-14(13-15)19(20)21-16-5-3-2-4-6-16;2*2-1(3)4/h2-12,14-15H,13H2,1H3;;/q+2;2*-1. The average molecular weight is 652 g/mol. The highest BCUT2D eigenvalue weighted by atomic mass is 127. The molecule has 0 saturated heterocycles. The summed E-state index contributed by atoms with van der Waals surface area (Å²) in [5.41, 5.74) is 0. The monoisotopic (exact) mass is 652 g/mol. The van der Waals surface area contributed by atoms with Crippen LogP contribution in [0.15, 0.2) is 73.9 Å². The average Bonchev–Trinajstić information content (AvgIpc) is 3.31. The lowest BCUT2D eigenvalue weighted by molar-refractivity contribution is -0.622. The molecule has 0 spiro atoms. The van der Waals surface area contributed by atoms with E-state index in [0.717, 1.165) is 17.6 Å². The highest BCUT2D eigenvalue weighted by Gasteiger charge is 2.50. The number of halogens is 2. The number of benzene rings is 2. The first-order valence-electron chi connectivity index (χ1n) is 8.84. The van der Waals surface area contributed by atoms with E-state index in [-0.39, 0.29) is 42.4 Å². The topological polar surface area (TPSA) is 142 Å². The van der Waals surface area contributed by atoms with Gasteiger partial charge in [0.25, 0.3) is 0 Å². The fourth-order valence-corrected chi connectivity index (χ4v) is 10.2. The normalized spacial score (nSPS) is 17.8. The Balaban J connectivity index is 0.000000370. The van der Waals surface area contributed by atoms with Crippen LogP contribution in [0.1, 0.15) is 6.42 Å². The lowest BCUT2D eigenvalue weighted by Gasteiger charge is -1.99. The van der Waals surface area contributed by atoms with Gasteiger partial charge in [0.1, 0.15) is 5.75 Å². The van der Waals surface area contributed by atoms with Crippen LogP contribution in [-0.2, 0) is 0 Å². The van der Waals surface area contributed by atoms with Crippen LogP contribution in [0.25, 0.3) is 0 Å². The second-order valence-corrected chi connectivity index (χ2v) is 12.0. The van der Waals surface area contributed by atoms with Crippen LogP contribution >= 0.6 is 0 Å². The second kappa shape index (κ2) is 12.4. The summed E-state index contributed by atoms with van der Waals surface area (Å²) in [7, 11) is 1.73. The van der Waals surface area contributed by atoms with E-state index in [1.165, 1.54) is 9.99 Å². The van der Waals surface area contributed by atoms with Gasteiger partial charge in [-0.15, -0.1) is 0 Å². The Morgan fingerprint density at radius 2 is 1.19 bits per heavy atom. The van der Waals surface area contributed by atoms with E-state index in [4.69, 9.17) is 35.4 Å². The zero-order chi connectivity index (χ0) is 22.8. The molecule has 2 aliphatic rings. The molecule has 0 heterocycles. The summed E-state index contributed by atoms with van der Waals surface area (Å²) in [6.45, 7) is 0. The maximum absolute atomic E-state index is 8.25. The number of methoxy groups -OCH3 is 1. The van der Waals surface area contributed by atoms with Crippen LogP contribution in [0.3, 0.4) is 0 Å². The number of rotatable bonds is 5. The predicted octanol–water partition coefficient (Wildman–Crippen LogP) is -2.15. The first-order chi connectivity index (χ1) is 14.8. The first-order valence-corrected chi connectivity index (χ1v) is 13.2. The number of allylic oxidation sites excluding steroid dienone is 4. The third-order valence-corrected chi connectivity index (χ3v) is 11.8. The number of nitrogens with zero attached hydrogens (tertiary/aromatic N) is 2. The van der Waals surface area contributed by atoms with Gasteiger partial charge in [0, 0.05) is 0 Å². The maximum Gasteiger partial charge on any atom is 0.358 e. The minimum Gasteiger partial charge on any atom is -0.497 e. The fourth-order valence-electron chi connectivity index (χ4n) is 3.01. The first kappa shape index (κ1) is 24.8. The van der Waals surface area contributed by atoms with Crippen LogP contribution in [0, 0.1) is 49.6 Å². The smallest absolute Gasteiger partial charge is 0.358 e. The van der Waals surface area contributed by atoms with Gasteiger partial charge < -0.3 is 35.4 Å². The third-order valence-electron chi connectivity index (χ3n) is 4.17. The molecule has 0 saturated carbocycles. The van der Waals surface area contributed by atoms with Crippen LogP contribution in [0.2, 0.25) is 0 Å². The molecule has 2 unspecified atom stereocenters. The van der Waals surface area contributed by atoms with Crippen LogP contribution in [-0.4, -0.2) is 17.3 Å². The van der Waals surface area contributed by atoms with E-state index in [0.29, 0.717) is 0 Å². The van der Waals surface area contributed by atoms with Gasteiger partial charge in [-0.05, 0) is 42.8 Å². The summed E-state index contributed by atoms with van der Waals surface area (Å²) in [5.74, 6) is 2.42. The molecule has 2 atom stereocenters. The molecule has 0 fully saturated rings. The highest BCUT2D eigenvalue weighted by Crippen LogP contribution is 2.36. The minimum absolute atomic E-state index is 0.00989. The van der Waals surface area contributed by atoms with Gasteiger partial charge in [-0.1, -0.05) is 30.4 Å². The van der Waals surface area contributed by atoms with Crippen molar-refractivity contribution in [2.45, 2.75) is 6.42 Å². The van der Waals surface area contributed by atoms with Crippen molar-refractivity contribution in [3.8, 4) is 5.75 Å². The maximum atomic E-state index is 8.25. The van der Waals surface area contributed by atoms with E-state index in [1.54, 1.807) is 14.3 Å². The minimum atomic E-state index is -1.75. The van der Waals surface area contributed by atoms with E-state index in [1.807, 2.05) is 3.58 Å². The van der Waals surface area contributed by atoms with Gasteiger partial charge in [-0.2, -0.15) is 0 Å². The van der Waals surface area contributed by atoms with E-state index in [2.05, 4.69) is 66.7 Å². The van der Waals surface area contributed by atoms with Gasteiger partial charge in [-0.3, -0.25) is 0 Å². The van der Waals surface area contributed by atoms with Crippen LogP contribution < -0.4 is 47.1 Å². The summed E-state index contributed by atoms with van der Waals surface area (Å²) in [5, 5.41) is 29.5. The molecule has 4 rings (SSSR count). The third kappa shape index (κ3) is 8.32. The van der Waals surface area contributed by atoms with Crippen molar-refractivity contribution >= 4 is 0 Å². The summed E-state index contributed by atoms with van der Waals surface area (Å²) in [6.07, 6.45) is 6.26. The number of fused-ring (bicyclic) bond motifs is 2. The molecule has 2 aliphatic carbocycles. The van der Waals surface area contributed by atoms with Crippen molar-refractivity contribution in [2.24, 2.45) is 11.8 Å². The molecule has 2 aromatic rings. The quantitative estimate of drug-likeness (QED) is 0.155. The van der Waals surface area contributed by atoms with E-state index in [9.17, 15) is 0 Å². The van der Waals surface area contributed by atoms with Crippen molar-refractivity contribution in [2.75, 3.05) is 7.11 Å². The molecule has 0 aromatic heterocycles. The van der Waals surface area contributed by atoms with Crippen molar-refractivity contribution in [3.63, 3.8) is 0 Å². The molecule has 11 heteroatoms. The largest absolute Gasteiger partial charge is 0.497 e. The Labute approximate surface area is 199 Å². The molecule has 2 aromatic carbocycles. The number of hydrogen-bond donors (Lipinski definition) is 0.